The zero-order valence-corrected chi connectivity index (χ0v) is 14.9. The number of carbonyl (C=O) groups is 2. The zero-order valence-electron chi connectivity index (χ0n) is 13.3. The summed E-state index contributed by atoms with van der Waals surface area (Å²) in [7, 11) is 0. The second kappa shape index (κ2) is 7.04. The van der Waals surface area contributed by atoms with Crippen molar-refractivity contribution in [1.29, 1.82) is 0 Å². The lowest BCUT2D eigenvalue weighted by Gasteiger charge is -2.29. The topological polar surface area (TPSA) is 58.2 Å². The molecule has 3 rings (SSSR count). The minimum absolute atomic E-state index is 0.0308. The molecule has 0 bridgehead atoms. The van der Waals surface area contributed by atoms with E-state index in [0.29, 0.717) is 11.8 Å². The van der Waals surface area contributed by atoms with Gasteiger partial charge in [-0.2, -0.15) is 0 Å². The summed E-state index contributed by atoms with van der Waals surface area (Å²) in [4.78, 5) is 23.9. The van der Waals surface area contributed by atoms with Gasteiger partial charge < -0.3 is 10.6 Å². The van der Waals surface area contributed by atoms with Crippen molar-refractivity contribution in [3.8, 4) is 0 Å². The Balaban J connectivity index is 1.54. The molecule has 2 amide bonds. The molecule has 0 radical (unpaired) electrons. The molecule has 2 aliphatic carbocycles. The van der Waals surface area contributed by atoms with Crippen LogP contribution in [-0.4, -0.2) is 23.9 Å². The van der Waals surface area contributed by atoms with E-state index >= 15 is 0 Å². The molecule has 4 nitrogen and oxygen atoms in total. The lowest BCUT2D eigenvalue weighted by molar-refractivity contribution is -0.128. The Bertz CT molecular complexity index is 583. The van der Waals surface area contributed by atoms with E-state index in [-0.39, 0.29) is 23.9 Å². The molecule has 1 aromatic rings. The van der Waals surface area contributed by atoms with Crippen molar-refractivity contribution in [2.75, 3.05) is 0 Å². The highest BCUT2D eigenvalue weighted by Crippen LogP contribution is 2.41. The third kappa shape index (κ3) is 4.34. The Kier molecular flexibility index (Phi) is 5.05. The highest BCUT2D eigenvalue weighted by molar-refractivity contribution is 9.10. The molecule has 0 aromatic heterocycles. The SMILES string of the molecule is CC(=O)N[C@H](CC1CCC1)C(=O)N[C@@H]1C[C@H]1c1ccc(Br)cc1. The Hall–Kier alpha value is -1.36. The van der Waals surface area contributed by atoms with Crippen molar-refractivity contribution in [3.63, 3.8) is 0 Å². The number of hydrogen-bond donors (Lipinski definition) is 2. The first-order chi connectivity index (χ1) is 11.0. The Morgan fingerprint density at radius 2 is 1.96 bits per heavy atom. The molecule has 2 N–H and O–H groups in total. The average molecular weight is 379 g/mol. The summed E-state index contributed by atoms with van der Waals surface area (Å²) in [5.41, 5.74) is 1.26. The Labute approximate surface area is 145 Å². The predicted octanol–water partition coefficient (Wildman–Crippen LogP) is 3.12. The third-order valence-corrected chi connectivity index (χ3v) is 5.43. The third-order valence-electron chi connectivity index (χ3n) is 4.90. The lowest BCUT2D eigenvalue weighted by atomic mass is 9.80. The normalized spacial score (nSPS) is 24.4. The van der Waals surface area contributed by atoms with Crippen molar-refractivity contribution in [2.45, 2.75) is 57.0 Å². The van der Waals surface area contributed by atoms with Gasteiger partial charge in [0.1, 0.15) is 6.04 Å². The molecule has 0 aliphatic heterocycles. The first kappa shape index (κ1) is 16.5. The van der Waals surface area contributed by atoms with E-state index in [0.717, 1.165) is 17.3 Å². The molecule has 3 atom stereocenters. The van der Waals surface area contributed by atoms with Crippen molar-refractivity contribution in [3.05, 3.63) is 34.3 Å². The second-order valence-corrected chi connectivity index (χ2v) is 7.71. The molecule has 124 valence electrons. The monoisotopic (exact) mass is 378 g/mol. The molecule has 23 heavy (non-hydrogen) atoms. The maximum absolute atomic E-state index is 12.5. The predicted molar refractivity (Wildman–Crippen MR) is 93.0 cm³/mol. The summed E-state index contributed by atoms with van der Waals surface area (Å²) in [6.45, 7) is 1.48. The smallest absolute Gasteiger partial charge is 0.242 e. The number of hydrogen-bond acceptors (Lipinski definition) is 2. The Morgan fingerprint density at radius 1 is 1.26 bits per heavy atom. The van der Waals surface area contributed by atoms with Gasteiger partial charge in [-0.3, -0.25) is 9.59 Å². The fourth-order valence-electron chi connectivity index (χ4n) is 3.25. The van der Waals surface area contributed by atoms with Crippen LogP contribution >= 0.6 is 15.9 Å². The summed E-state index contributed by atoms with van der Waals surface area (Å²) >= 11 is 3.44. The van der Waals surface area contributed by atoms with Crippen molar-refractivity contribution in [1.82, 2.24) is 10.6 Å². The van der Waals surface area contributed by atoms with E-state index in [1.165, 1.54) is 31.7 Å². The van der Waals surface area contributed by atoms with Gasteiger partial charge in [-0.15, -0.1) is 0 Å². The summed E-state index contributed by atoms with van der Waals surface area (Å²) in [5.74, 6) is 0.814. The van der Waals surface area contributed by atoms with E-state index in [2.05, 4.69) is 38.7 Å². The highest BCUT2D eigenvalue weighted by Gasteiger charge is 2.40. The maximum Gasteiger partial charge on any atom is 0.242 e. The van der Waals surface area contributed by atoms with Gasteiger partial charge in [0.15, 0.2) is 0 Å². The van der Waals surface area contributed by atoms with Crippen LogP contribution in [0.4, 0.5) is 0 Å². The summed E-state index contributed by atoms with van der Waals surface area (Å²) in [6.07, 6.45) is 5.33. The molecule has 0 unspecified atom stereocenters. The van der Waals surface area contributed by atoms with E-state index in [1.807, 2.05) is 12.1 Å². The van der Waals surface area contributed by atoms with Crippen LogP contribution in [0.2, 0.25) is 0 Å². The number of amides is 2. The number of rotatable bonds is 6. The van der Waals surface area contributed by atoms with Crippen LogP contribution in [0.15, 0.2) is 28.7 Å². The number of benzene rings is 1. The van der Waals surface area contributed by atoms with Gasteiger partial charge in [0.05, 0.1) is 0 Å². The Morgan fingerprint density at radius 3 is 2.52 bits per heavy atom. The van der Waals surface area contributed by atoms with Crippen LogP contribution in [0.1, 0.15) is 50.5 Å². The van der Waals surface area contributed by atoms with Gasteiger partial charge in [-0.1, -0.05) is 47.3 Å². The first-order valence-electron chi connectivity index (χ1n) is 8.36. The van der Waals surface area contributed by atoms with E-state index in [4.69, 9.17) is 0 Å². The highest BCUT2D eigenvalue weighted by atomic mass is 79.9. The van der Waals surface area contributed by atoms with Crippen LogP contribution in [0.25, 0.3) is 0 Å². The minimum atomic E-state index is -0.385. The molecular weight excluding hydrogens is 356 g/mol. The van der Waals surface area contributed by atoms with Gasteiger partial charge in [-0.25, -0.2) is 0 Å². The van der Waals surface area contributed by atoms with Gasteiger partial charge >= 0.3 is 0 Å². The van der Waals surface area contributed by atoms with Crippen LogP contribution in [0, 0.1) is 5.92 Å². The fourth-order valence-corrected chi connectivity index (χ4v) is 3.52. The summed E-state index contributed by atoms with van der Waals surface area (Å²) in [6, 6.07) is 8.07. The molecule has 2 aliphatic rings. The molecule has 2 saturated carbocycles. The second-order valence-electron chi connectivity index (χ2n) is 6.79. The fraction of sp³-hybridized carbons (Fsp3) is 0.556. The zero-order chi connectivity index (χ0) is 16.4. The molecule has 5 heteroatoms. The van der Waals surface area contributed by atoms with E-state index in [9.17, 15) is 9.59 Å². The molecular formula is C18H23BrN2O2. The van der Waals surface area contributed by atoms with Crippen molar-refractivity contribution >= 4 is 27.7 Å². The number of nitrogens with one attached hydrogen (secondary N) is 2. The number of carbonyl (C=O) groups excluding carboxylic acids is 2. The quantitative estimate of drug-likeness (QED) is 0.798. The van der Waals surface area contributed by atoms with Crippen LogP contribution < -0.4 is 10.6 Å². The number of halogens is 1. The molecule has 0 heterocycles. The van der Waals surface area contributed by atoms with E-state index < -0.39 is 0 Å². The molecule has 0 spiro atoms. The van der Waals surface area contributed by atoms with Crippen LogP contribution in [-0.2, 0) is 9.59 Å². The van der Waals surface area contributed by atoms with Gasteiger partial charge in [-0.05, 0) is 36.5 Å². The van der Waals surface area contributed by atoms with Gasteiger partial charge in [0.25, 0.3) is 0 Å². The van der Waals surface area contributed by atoms with Gasteiger partial charge in [0, 0.05) is 23.4 Å². The van der Waals surface area contributed by atoms with Crippen LogP contribution in [0.3, 0.4) is 0 Å². The minimum Gasteiger partial charge on any atom is -0.351 e. The standard InChI is InChI=1S/C18H23BrN2O2/c1-11(22)20-17(9-12-3-2-4-12)18(23)21-16-10-15(16)13-5-7-14(19)8-6-13/h5-8,12,15-17H,2-4,9-10H2,1H3,(H,20,22)(H,21,23)/t15-,16+,17+/m0/s1. The molecule has 0 saturated heterocycles. The van der Waals surface area contributed by atoms with Gasteiger partial charge in [0.2, 0.25) is 11.8 Å². The lowest BCUT2D eigenvalue weighted by Crippen LogP contribution is -2.48. The summed E-state index contributed by atoms with van der Waals surface area (Å²) < 4.78 is 1.06. The molecule has 2 fully saturated rings. The van der Waals surface area contributed by atoms with Crippen LogP contribution in [0.5, 0.6) is 0 Å². The molecule has 1 aromatic carbocycles. The van der Waals surface area contributed by atoms with Crippen molar-refractivity contribution in [2.24, 2.45) is 5.92 Å². The first-order valence-corrected chi connectivity index (χ1v) is 9.15. The maximum atomic E-state index is 12.5. The van der Waals surface area contributed by atoms with Crippen molar-refractivity contribution < 1.29 is 9.59 Å². The van der Waals surface area contributed by atoms with E-state index in [1.54, 1.807) is 0 Å². The average Bonchev–Trinajstić information content (AvgIpc) is 3.21. The summed E-state index contributed by atoms with van der Waals surface area (Å²) in [5, 5.41) is 5.93. The largest absolute Gasteiger partial charge is 0.351 e.